The van der Waals surface area contributed by atoms with Crippen LogP contribution in [0.3, 0.4) is 0 Å². The standard InChI is InChI=1S/C23H38N4O2.HI/c1-5-24-22(26-17-23(2)13-7-15-29-23)25-16-19-8-6-14-27(3)21(19)18-9-11-20(28-4)12-10-18;/h9-12,19,21H,5-8,13-17H2,1-4H3,(H2,24,25,26);1H. The van der Waals surface area contributed by atoms with E-state index in [1.54, 1.807) is 7.11 Å². The third-order valence-corrected chi connectivity index (χ3v) is 6.21. The molecule has 2 heterocycles. The highest BCUT2D eigenvalue weighted by Crippen LogP contribution is 2.35. The van der Waals surface area contributed by atoms with Crippen molar-refractivity contribution in [1.82, 2.24) is 15.5 Å². The van der Waals surface area contributed by atoms with Crippen LogP contribution in [-0.4, -0.2) is 63.4 Å². The fraction of sp³-hybridized carbons (Fsp3) is 0.696. The minimum Gasteiger partial charge on any atom is -0.497 e. The van der Waals surface area contributed by atoms with E-state index >= 15 is 0 Å². The molecule has 0 spiro atoms. The molecule has 0 amide bonds. The van der Waals surface area contributed by atoms with Gasteiger partial charge < -0.3 is 20.1 Å². The number of aliphatic imine (C=N–C) groups is 1. The quantitative estimate of drug-likeness (QED) is 0.319. The van der Waals surface area contributed by atoms with Crippen LogP contribution in [0.2, 0.25) is 0 Å². The molecule has 2 fully saturated rings. The molecule has 6 nitrogen and oxygen atoms in total. The summed E-state index contributed by atoms with van der Waals surface area (Å²) in [7, 11) is 3.95. The number of methoxy groups -OCH3 is 1. The summed E-state index contributed by atoms with van der Waals surface area (Å²) in [6.07, 6.45) is 4.67. The van der Waals surface area contributed by atoms with Crippen molar-refractivity contribution in [1.29, 1.82) is 0 Å². The molecule has 7 heteroatoms. The van der Waals surface area contributed by atoms with Crippen LogP contribution in [0.4, 0.5) is 0 Å². The molecule has 0 radical (unpaired) electrons. The summed E-state index contributed by atoms with van der Waals surface area (Å²) >= 11 is 0. The number of nitrogens with zero attached hydrogens (tertiary/aromatic N) is 2. The first kappa shape index (κ1) is 25.2. The van der Waals surface area contributed by atoms with E-state index in [-0.39, 0.29) is 29.6 Å². The first-order valence-electron chi connectivity index (χ1n) is 11.0. The van der Waals surface area contributed by atoms with E-state index in [4.69, 9.17) is 14.5 Å². The van der Waals surface area contributed by atoms with Crippen LogP contribution in [0, 0.1) is 5.92 Å². The van der Waals surface area contributed by atoms with E-state index < -0.39 is 0 Å². The molecule has 3 rings (SSSR count). The van der Waals surface area contributed by atoms with Gasteiger partial charge in [0.1, 0.15) is 5.75 Å². The second kappa shape index (κ2) is 12.1. The average Bonchev–Trinajstić information content (AvgIpc) is 3.17. The Bertz CT molecular complexity index is 662. The normalized spacial score (nSPS) is 27.4. The van der Waals surface area contributed by atoms with E-state index in [0.29, 0.717) is 18.5 Å². The number of hydrogen-bond donors (Lipinski definition) is 2. The predicted octanol–water partition coefficient (Wildman–Crippen LogP) is 3.82. The van der Waals surface area contributed by atoms with Crippen LogP contribution >= 0.6 is 24.0 Å². The van der Waals surface area contributed by atoms with Crippen molar-refractivity contribution < 1.29 is 9.47 Å². The zero-order valence-corrected chi connectivity index (χ0v) is 21.3. The smallest absolute Gasteiger partial charge is 0.191 e. The van der Waals surface area contributed by atoms with Crippen LogP contribution in [0.15, 0.2) is 29.3 Å². The van der Waals surface area contributed by atoms with Gasteiger partial charge >= 0.3 is 0 Å². The topological polar surface area (TPSA) is 58.1 Å². The zero-order chi connectivity index (χ0) is 20.7. The summed E-state index contributed by atoms with van der Waals surface area (Å²) in [5.41, 5.74) is 1.24. The summed E-state index contributed by atoms with van der Waals surface area (Å²) in [5.74, 6) is 2.33. The molecule has 2 aliphatic heterocycles. The molecule has 0 bridgehead atoms. The van der Waals surface area contributed by atoms with Gasteiger partial charge in [-0.05, 0) is 76.7 Å². The third kappa shape index (κ3) is 6.72. The fourth-order valence-corrected chi connectivity index (χ4v) is 4.58. The molecule has 1 aromatic rings. The molecule has 0 saturated carbocycles. The minimum atomic E-state index is -0.112. The van der Waals surface area contributed by atoms with Crippen LogP contribution in [0.5, 0.6) is 5.75 Å². The van der Waals surface area contributed by atoms with E-state index in [0.717, 1.165) is 50.8 Å². The highest BCUT2D eigenvalue weighted by Gasteiger charge is 2.31. The predicted molar refractivity (Wildman–Crippen MR) is 134 cm³/mol. The Balaban J connectivity index is 0.00000320. The zero-order valence-electron chi connectivity index (χ0n) is 18.9. The first-order valence-corrected chi connectivity index (χ1v) is 11.0. The van der Waals surface area contributed by atoms with Gasteiger partial charge in [0.05, 0.1) is 19.3 Å². The lowest BCUT2D eigenvalue weighted by molar-refractivity contribution is 0.0283. The van der Waals surface area contributed by atoms with Crippen LogP contribution in [-0.2, 0) is 4.74 Å². The van der Waals surface area contributed by atoms with E-state index in [1.807, 2.05) is 0 Å². The molecule has 3 atom stereocenters. The summed E-state index contributed by atoms with van der Waals surface area (Å²) in [5, 5.41) is 7.00. The van der Waals surface area contributed by atoms with Gasteiger partial charge in [-0.15, -0.1) is 24.0 Å². The number of nitrogens with one attached hydrogen (secondary N) is 2. The van der Waals surface area contributed by atoms with Crippen LogP contribution in [0.1, 0.15) is 51.1 Å². The molecular formula is C23H39IN4O2. The van der Waals surface area contributed by atoms with Crippen LogP contribution in [0.25, 0.3) is 0 Å². The lowest BCUT2D eigenvalue weighted by atomic mass is 9.85. The van der Waals surface area contributed by atoms with Gasteiger partial charge in [0, 0.05) is 25.7 Å². The molecule has 3 unspecified atom stereocenters. The number of halogens is 1. The fourth-order valence-electron chi connectivity index (χ4n) is 4.58. The van der Waals surface area contributed by atoms with Crippen molar-refractivity contribution >= 4 is 29.9 Å². The number of hydrogen-bond acceptors (Lipinski definition) is 4. The second-order valence-corrected chi connectivity index (χ2v) is 8.58. The van der Waals surface area contributed by atoms with Crippen LogP contribution < -0.4 is 15.4 Å². The number of guanidine groups is 1. The lowest BCUT2D eigenvalue weighted by Crippen LogP contribution is -2.45. The summed E-state index contributed by atoms with van der Waals surface area (Å²) in [4.78, 5) is 7.31. The van der Waals surface area contributed by atoms with E-state index in [1.165, 1.54) is 18.4 Å². The van der Waals surface area contributed by atoms with Gasteiger partial charge in [0.2, 0.25) is 0 Å². The van der Waals surface area contributed by atoms with Gasteiger partial charge in [-0.25, -0.2) is 0 Å². The summed E-state index contributed by atoms with van der Waals surface area (Å²) in [6.45, 7) is 8.74. The Labute approximate surface area is 199 Å². The number of likely N-dealkylation sites (tertiary alicyclic amines) is 1. The lowest BCUT2D eigenvalue weighted by Gasteiger charge is -2.40. The Kier molecular flexibility index (Phi) is 10.2. The molecule has 2 N–H and O–H groups in total. The molecule has 0 aliphatic carbocycles. The van der Waals surface area contributed by atoms with Gasteiger partial charge in [-0.3, -0.25) is 9.89 Å². The molecule has 0 aromatic heterocycles. The number of ether oxygens (including phenoxy) is 2. The summed E-state index contributed by atoms with van der Waals surface area (Å²) < 4.78 is 11.2. The molecule has 2 saturated heterocycles. The van der Waals surface area contributed by atoms with Crippen molar-refractivity contribution in [3.63, 3.8) is 0 Å². The SMILES string of the molecule is CCNC(=NCC1(C)CCCO1)NCC1CCCN(C)C1c1ccc(OC)cc1.I. The van der Waals surface area contributed by atoms with Gasteiger partial charge in [0.15, 0.2) is 5.96 Å². The van der Waals surface area contributed by atoms with Crippen molar-refractivity contribution in [2.45, 2.75) is 51.2 Å². The van der Waals surface area contributed by atoms with Crippen molar-refractivity contribution in [3.8, 4) is 5.75 Å². The van der Waals surface area contributed by atoms with Gasteiger partial charge in [-0.2, -0.15) is 0 Å². The molecule has 170 valence electrons. The largest absolute Gasteiger partial charge is 0.497 e. The summed E-state index contributed by atoms with van der Waals surface area (Å²) in [6, 6.07) is 8.94. The van der Waals surface area contributed by atoms with Crippen molar-refractivity contribution in [2.75, 3.05) is 46.9 Å². The molecule has 30 heavy (non-hydrogen) atoms. The molecule has 2 aliphatic rings. The van der Waals surface area contributed by atoms with Gasteiger partial charge in [0.25, 0.3) is 0 Å². The minimum absolute atomic E-state index is 0. The first-order chi connectivity index (χ1) is 14.0. The van der Waals surface area contributed by atoms with Crippen molar-refractivity contribution in [3.05, 3.63) is 29.8 Å². The second-order valence-electron chi connectivity index (χ2n) is 8.58. The Morgan fingerprint density at radius 3 is 2.67 bits per heavy atom. The Hall–Kier alpha value is -1.06. The van der Waals surface area contributed by atoms with E-state index in [2.05, 4.69) is 60.7 Å². The maximum atomic E-state index is 5.89. The highest BCUT2D eigenvalue weighted by atomic mass is 127. The average molecular weight is 530 g/mol. The number of benzene rings is 1. The maximum absolute atomic E-state index is 5.89. The highest BCUT2D eigenvalue weighted by molar-refractivity contribution is 14.0. The third-order valence-electron chi connectivity index (χ3n) is 6.21. The number of rotatable bonds is 7. The Morgan fingerprint density at radius 2 is 2.03 bits per heavy atom. The van der Waals surface area contributed by atoms with E-state index in [9.17, 15) is 0 Å². The molecule has 1 aromatic carbocycles. The van der Waals surface area contributed by atoms with Crippen molar-refractivity contribution in [2.24, 2.45) is 10.9 Å². The monoisotopic (exact) mass is 530 g/mol. The Morgan fingerprint density at radius 1 is 1.27 bits per heavy atom. The van der Waals surface area contributed by atoms with Gasteiger partial charge in [-0.1, -0.05) is 12.1 Å². The molecular weight excluding hydrogens is 491 g/mol. The number of piperidine rings is 1. The maximum Gasteiger partial charge on any atom is 0.191 e.